The molecule has 0 atom stereocenters. The zero-order valence-corrected chi connectivity index (χ0v) is 14.0. The number of fused-ring (bicyclic) bond motifs is 3. The zero-order chi connectivity index (χ0) is 17.2. The molecule has 4 rings (SSSR count). The van der Waals surface area contributed by atoms with Crippen molar-refractivity contribution in [3.05, 3.63) is 78.4 Å². The molecule has 0 aliphatic carbocycles. The summed E-state index contributed by atoms with van der Waals surface area (Å²) >= 11 is 0. The normalized spacial score (nSPS) is 10.9. The van der Waals surface area contributed by atoms with Gasteiger partial charge in [0.15, 0.2) is 0 Å². The van der Waals surface area contributed by atoms with E-state index in [4.69, 9.17) is 0 Å². The van der Waals surface area contributed by atoms with Gasteiger partial charge in [0.05, 0.1) is 0 Å². The van der Waals surface area contributed by atoms with Gasteiger partial charge >= 0.3 is 6.03 Å². The number of carbonyl (C=O) groups excluding carboxylic acids is 1. The summed E-state index contributed by atoms with van der Waals surface area (Å²) in [6, 6.07) is 24.0. The lowest BCUT2D eigenvalue weighted by Crippen LogP contribution is -2.28. The Labute approximate surface area is 146 Å². The molecule has 4 aromatic rings. The number of anilines is 1. The first kappa shape index (κ1) is 15.3. The highest BCUT2D eigenvalue weighted by atomic mass is 16.2. The summed E-state index contributed by atoms with van der Waals surface area (Å²) in [5, 5.41) is 8.13. The molecular formula is C21H19N3O. The number of nitrogens with one attached hydrogen (secondary N) is 2. The minimum Gasteiger partial charge on any atom is -0.344 e. The molecule has 25 heavy (non-hydrogen) atoms. The second-order valence-corrected chi connectivity index (χ2v) is 6.10. The number of para-hydroxylation sites is 1. The number of rotatable bonds is 3. The van der Waals surface area contributed by atoms with Gasteiger partial charge in [-0.3, -0.25) is 0 Å². The predicted molar refractivity (Wildman–Crippen MR) is 103 cm³/mol. The average Bonchev–Trinajstić information content (AvgIpc) is 2.93. The van der Waals surface area contributed by atoms with E-state index >= 15 is 0 Å². The molecule has 1 aromatic heterocycles. The summed E-state index contributed by atoms with van der Waals surface area (Å²) in [5.41, 5.74) is 4.19. The van der Waals surface area contributed by atoms with Crippen molar-refractivity contribution in [3.8, 4) is 0 Å². The smallest absolute Gasteiger partial charge is 0.319 e. The molecule has 2 N–H and O–H groups in total. The molecule has 0 aliphatic heterocycles. The van der Waals surface area contributed by atoms with Gasteiger partial charge < -0.3 is 15.2 Å². The van der Waals surface area contributed by atoms with Crippen LogP contribution in [-0.4, -0.2) is 10.6 Å². The number of amides is 2. The Morgan fingerprint density at radius 3 is 2.44 bits per heavy atom. The molecule has 4 heteroatoms. The molecule has 0 fully saturated rings. The first-order valence-electron chi connectivity index (χ1n) is 8.28. The van der Waals surface area contributed by atoms with Crippen LogP contribution in [0.15, 0.2) is 72.8 Å². The second kappa shape index (κ2) is 6.32. The third kappa shape index (κ3) is 2.94. The minimum atomic E-state index is -0.205. The van der Waals surface area contributed by atoms with Crippen LogP contribution in [0.5, 0.6) is 0 Å². The minimum absolute atomic E-state index is 0.205. The molecule has 3 aromatic carbocycles. The first-order chi connectivity index (χ1) is 12.2. The maximum absolute atomic E-state index is 12.2. The Morgan fingerprint density at radius 1 is 0.880 bits per heavy atom. The standard InChI is InChI=1S/C21H19N3O/c1-24-19-10-6-5-9-17(19)18-13-16(11-12-20(18)24)23-21(25)22-14-15-7-3-2-4-8-15/h2-13H,14H2,1H3,(H2,22,23,25). The van der Waals surface area contributed by atoms with Crippen LogP contribution in [0.25, 0.3) is 21.8 Å². The van der Waals surface area contributed by atoms with Crippen LogP contribution in [0.4, 0.5) is 10.5 Å². The van der Waals surface area contributed by atoms with E-state index in [1.54, 1.807) is 0 Å². The van der Waals surface area contributed by atoms with Crippen LogP contribution in [0, 0.1) is 0 Å². The van der Waals surface area contributed by atoms with Crippen molar-refractivity contribution in [3.63, 3.8) is 0 Å². The number of carbonyl (C=O) groups is 1. The van der Waals surface area contributed by atoms with E-state index in [1.807, 2.05) is 60.7 Å². The molecule has 0 bridgehead atoms. The monoisotopic (exact) mass is 329 g/mol. The number of nitrogens with zero attached hydrogens (tertiary/aromatic N) is 1. The summed E-state index contributed by atoms with van der Waals surface area (Å²) in [4.78, 5) is 12.2. The van der Waals surface area contributed by atoms with Gasteiger partial charge in [-0.05, 0) is 29.8 Å². The van der Waals surface area contributed by atoms with Crippen LogP contribution in [0.2, 0.25) is 0 Å². The molecule has 0 saturated carbocycles. The van der Waals surface area contributed by atoms with Gasteiger partial charge in [0.1, 0.15) is 0 Å². The van der Waals surface area contributed by atoms with Crippen LogP contribution in [0.3, 0.4) is 0 Å². The van der Waals surface area contributed by atoms with Gasteiger partial charge in [-0.15, -0.1) is 0 Å². The lowest BCUT2D eigenvalue weighted by Gasteiger charge is -2.08. The number of hydrogen-bond donors (Lipinski definition) is 2. The van der Waals surface area contributed by atoms with Gasteiger partial charge in [0, 0.05) is 41.1 Å². The molecule has 0 unspecified atom stereocenters. The number of aromatic nitrogens is 1. The number of urea groups is 1. The summed E-state index contributed by atoms with van der Waals surface area (Å²) in [5.74, 6) is 0. The second-order valence-electron chi connectivity index (χ2n) is 6.10. The van der Waals surface area contributed by atoms with E-state index in [-0.39, 0.29) is 6.03 Å². The van der Waals surface area contributed by atoms with Crippen molar-refractivity contribution in [1.82, 2.24) is 9.88 Å². The molecular weight excluding hydrogens is 310 g/mol. The van der Waals surface area contributed by atoms with Crippen LogP contribution < -0.4 is 10.6 Å². The molecule has 124 valence electrons. The average molecular weight is 329 g/mol. The molecule has 2 amide bonds. The van der Waals surface area contributed by atoms with Crippen molar-refractivity contribution >= 4 is 33.5 Å². The van der Waals surface area contributed by atoms with E-state index in [9.17, 15) is 4.79 Å². The van der Waals surface area contributed by atoms with Crippen molar-refractivity contribution < 1.29 is 4.79 Å². The largest absolute Gasteiger partial charge is 0.344 e. The van der Waals surface area contributed by atoms with Crippen molar-refractivity contribution in [2.75, 3.05) is 5.32 Å². The van der Waals surface area contributed by atoms with E-state index in [1.165, 1.54) is 10.9 Å². The first-order valence-corrected chi connectivity index (χ1v) is 8.28. The van der Waals surface area contributed by atoms with Gasteiger partial charge in [-0.25, -0.2) is 4.79 Å². The molecule has 1 heterocycles. The Morgan fingerprint density at radius 2 is 1.60 bits per heavy atom. The molecule has 0 saturated heterocycles. The van der Waals surface area contributed by atoms with Crippen LogP contribution >= 0.6 is 0 Å². The number of benzene rings is 3. The maximum Gasteiger partial charge on any atom is 0.319 e. The van der Waals surface area contributed by atoms with Crippen molar-refractivity contribution in [1.29, 1.82) is 0 Å². The fourth-order valence-electron chi connectivity index (χ4n) is 3.20. The van der Waals surface area contributed by atoms with Gasteiger partial charge in [0.25, 0.3) is 0 Å². The zero-order valence-electron chi connectivity index (χ0n) is 14.0. The number of aryl methyl sites for hydroxylation is 1. The third-order valence-corrected chi connectivity index (χ3v) is 4.47. The molecule has 0 spiro atoms. The predicted octanol–water partition coefficient (Wildman–Crippen LogP) is 4.65. The highest BCUT2D eigenvalue weighted by Crippen LogP contribution is 2.29. The van der Waals surface area contributed by atoms with Crippen molar-refractivity contribution in [2.45, 2.75) is 6.54 Å². The third-order valence-electron chi connectivity index (χ3n) is 4.47. The van der Waals surface area contributed by atoms with Gasteiger partial charge in [0.2, 0.25) is 0 Å². The molecule has 4 nitrogen and oxygen atoms in total. The van der Waals surface area contributed by atoms with E-state index in [0.717, 1.165) is 22.2 Å². The highest BCUT2D eigenvalue weighted by molar-refractivity contribution is 6.09. The quantitative estimate of drug-likeness (QED) is 0.564. The molecule has 0 radical (unpaired) electrons. The highest BCUT2D eigenvalue weighted by Gasteiger charge is 2.09. The lowest BCUT2D eigenvalue weighted by molar-refractivity contribution is 0.251. The summed E-state index contributed by atoms with van der Waals surface area (Å²) < 4.78 is 2.17. The lowest BCUT2D eigenvalue weighted by atomic mass is 10.1. The maximum atomic E-state index is 12.2. The Kier molecular flexibility index (Phi) is 3.86. The van der Waals surface area contributed by atoms with E-state index in [0.29, 0.717) is 6.54 Å². The van der Waals surface area contributed by atoms with Crippen molar-refractivity contribution in [2.24, 2.45) is 7.05 Å². The SMILES string of the molecule is Cn1c2ccccc2c2cc(NC(=O)NCc3ccccc3)ccc21. The van der Waals surface area contributed by atoms with E-state index in [2.05, 4.69) is 34.4 Å². The Hall–Kier alpha value is -3.27. The van der Waals surface area contributed by atoms with E-state index < -0.39 is 0 Å². The van der Waals surface area contributed by atoms with Crippen LogP contribution in [0.1, 0.15) is 5.56 Å². The summed E-state index contributed by atoms with van der Waals surface area (Å²) in [7, 11) is 2.06. The van der Waals surface area contributed by atoms with Gasteiger partial charge in [-0.2, -0.15) is 0 Å². The van der Waals surface area contributed by atoms with Crippen LogP contribution in [-0.2, 0) is 13.6 Å². The Balaban J connectivity index is 1.55. The number of hydrogen-bond acceptors (Lipinski definition) is 1. The van der Waals surface area contributed by atoms with Gasteiger partial charge in [-0.1, -0.05) is 48.5 Å². The summed E-state index contributed by atoms with van der Waals surface area (Å²) in [6.07, 6.45) is 0. The Bertz CT molecular complexity index is 1050. The fourth-order valence-corrected chi connectivity index (χ4v) is 3.20. The molecule has 0 aliphatic rings. The summed E-state index contributed by atoms with van der Waals surface area (Å²) in [6.45, 7) is 0.503. The topological polar surface area (TPSA) is 46.1 Å². The fraction of sp³-hybridized carbons (Fsp3) is 0.0952.